The van der Waals surface area contributed by atoms with E-state index in [1.165, 1.54) is 40.1 Å². The summed E-state index contributed by atoms with van der Waals surface area (Å²) in [6.45, 7) is -0.987. The molecule has 0 aliphatic heterocycles. The molecule has 5 amide bonds. The zero-order valence-corrected chi connectivity index (χ0v) is 28.7. The molecule has 0 spiro atoms. The van der Waals surface area contributed by atoms with Gasteiger partial charge in [0.25, 0.3) is 0 Å². The SMILES string of the molecule is CN(CC(=O)CCCCN=[N+]=[N-])C(=O)CN(C)C(=O)CN(C)C(=O)CN(C)C(=O)CN(C)C(=O)OCC1c2ccccc2-c2ccccc21. The van der Waals surface area contributed by atoms with Crippen LogP contribution in [0.2, 0.25) is 0 Å². The van der Waals surface area contributed by atoms with Crippen molar-refractivity contribution >= 4 is 35.5 Å². The average molecular weight is 677 g/mol. The third-order valence-corrected chi connectivity index (χ3v) is 8.28. The molecule has 0 fully saturated rings. The molecule has 0 heterocycles. The Bertz CT molecular complexity index is 1550. The van der Waals surface area contributed by atoms with Crippen molar-refractivity contribution in [1.82, 2.24) is 24.5 Å². The maximum absolute atomic E-state index is 12.8. The Balaban J connectivity index is 1.39. The van der Waals surface area contributed by atoms with Crippen molar-refractivity contribution in [3.8, 4) is 11.1 Å². The van der Waals surface area contributed by atoms with Gasteiger partial charge in [0.15, 0.2) is 5.78 Å². The van der Waals surface area contributed by atoms with Crippen molar-refractivity contribution in [2.45, 2.75) is 25.2 Å². The van der Waals surface area contributed by atoms with Crippen molar-refractivity contribution in [2.75, 3.05) is 81.1 Å². The minimum atomic E-state index is -0.674. The first-order chi connectivity index (χ1) is 23.3. The van der Waals surface area contributed by atoms with E-state index < -0.39 is 29.7 Å². The Kier molecular flexibility index (Phi) is 14.1. The second-order valence-electron chi connectivity index (χ2n) is 12.1. The number of benzene rings is 2. The molecule has 2 aromatic carbocycles. The van der Waals surface area contributed by atoms with Gasteiger partial charge in [-0.1, -0.05) is 53.6 Å². The largest absolute Gasteiger partial charge is 0.448 e. The summed E-state index contributed by atoms with van der Waals surface area (Å²) >= 11 is 0. The van der Waals surface area contributed by atoms with Crippen LogP contribution in [0.1, 0.15) is 36.3 Å². The van der Waals surface area contributed by atoms with Gasteiger partial charge in [-0.2, -0.15) is 0 Å². The highest BCUT2D eigenvalue weighted by Gasteiger charge is 2.30. The van der Waals surface area contributed by atoms with E-state index in [2.05, 4.69) is 10.0 Å². The third-order valence-electron chi connectivity index (χ3n) is 8.28. The number of hydrogen-bond donors (Lipinski definition) is 0. The summed E-state index contributed by atoms with van der Waals surface area (Å²) in [5, 5.41) is 3.41. The van der Waals surface area contributed by atoms with Crippen molar-refractivity contribution in [1.29, 1.82) is 0 Å². The van der Waals surface area contributed by atoms with E-state index in [9.17, 15) is 28.8 Å². The zero-order chi connectivity index (χ0) is 36.1. The van der Waals surface area contributed by atoms with Crippen molar-refractivity contribution in [3.05, 3.63) is 70.1 Å². The van der Waals surface area contributed by atoms with E-state index in [0.717, 1.165) is 41.9 Å². The lowest BCUT2D eigenvalue weighted by molar-refractivity contribution is -0.144. The molecule has 1 aliphatic carbocycles. The highest BCUT2D eigenvalue weighted by molar-refractivity contribution is 5.91. The average Bonchev–Trinajstić information content (AvgIpc) is 3.40. The summed E-state index contributed by atoms with van der Waals surface area (Å²) in [4.78, 5) is 84.3. The Morgan fingerprint density at radius 3 is 1.55 bits per heavy atom. The van der Waals surface area contributed by atoms with Crippen LogP contribution in [0.4, 0.5) is 4.79 Å². The number of carbonyl (C=O) groups is 6. The number of nitrogens with zero attached hydrogens (tertiary/aromatic N) is 8. The fraction of sp³-hybridized carbons (Fsp3) is 0.471. The molecule has 0 aromatic heterocycles. The number of ether oxygens (including phenoxy) is 1. The number of ketones is 1. The van der Waals surface area contributed by atoms with Gasteiger partial charge < -0.3 is 29.2 Å². The van der Waals surface area contributed by atoms with Crippen LogP contribution in [-0.2, 0) is 28.7 Å². The quantitative estimate of drug-likeness (QED) is 0.107. The molecule has 0 unspecified atom stereocenters. The van der Waals surface area contributed by atoms with E-state index in [0.29, 0.717) is 19.4 Å². The molecule has 0 N–H and O–H groups in total. The maximum atomic E-state index is 12.8. The molecular weight excluding hydrogens is 632 g/mol. The number of amides is 5. The van der Waals surface area contributed by atoms with Crippen molar-refractivity contribution < 1.29 is 33.5 Å². The molecule has 15 nitrogen and oxygen atoms in total. The summed E-state index contributed by atoms with van der Waals surface area (Å²) in [7, 11) is 7.15. The van der Waals surface area contributed by atoms with Gasteiger partial charge in [-0.15, -0.1) is 0 Å². The maximum Gasteiger partial charge on any atom is 0.409 e. The Labute approximate surface area is 286 Å². The van der Waals surface area contributed by atoms with Crippen molar-refractivity contribution in [2.24, 2.45) is 5.11 Å². The molecule has 262 valence electrons. The molecule has 0 saturated carbocycles. The topological polar surface area (TPSA) is 177 Å². The minimum Gasteiger partial charge on any atom is -0.448 e. The first-order valence-corrected chi connectivity index (χ1v) is 15.9. The Morgan fingerprint density at radius 2 is 1.08 bits per heavy atom. The van der Waals surface area contributed by atoms with Gasteiger partial charge >= 0.3 is 6.09 Å². The number of likely N-dealkylation sites (N-methyl/N-ethyl adjacent to an activating group) is 5. The fourth-order valence-electron chi connectivity index (χ4n) is 5.31. The van der Waals surface area contributed by atoms with E-state index in [-0.39, 0.29) is 57.5 Å². The van der Waals surface area contributed by atoms with Crippen LogP contribution in [0.5, 0.6) is 0 Å². The number of hydrogen-bond acceptors (Lipinski definition) is 8. The first kappa shape index (κ1) is 38.0. The standard InChI is InChI=1S/C34H44N8O7/c1-38(18-24(43)12-10-11-17-36-37-35)30(44)19-39(2)31(45)20-40(3)32(46)21-41(4)33(47)22-42(5)34(48)49-23-29-27-15-8-6-13-25(27)26-14-7-9-16-28(26)29/h6-9,13-16,29H,10-12,17-23H2,1-5H3. The number of Topliss-reactive ketones (excluding diaryl/α,β-unsaturated/α-hetero) is 1. The van der Waals surface area contributed by atoms with Crippen LogP contribution in [-0.4, -0.2) is 141 Å². The van der Waals surface area contributed by atoms with Gasteiger partial charge in [-0.25, -0.2) is 4.79 Å². The lowest BCUT2D eigenvalue weighted by Crippen LogP contribution is -2.47. The summed E-state index contributed by atoms with van der Waals surface area (Å²) < 4.78 is 5.60. The van der Waals surface area contributed by atoms with Crippen LogP contribution in [0.25, 0.3) is 21.6 Å². The molecule has 3 rings (SSSR count). The van der Waals surface area contributed by atoms with Gasteiger partial charge in [0.2, 0.25) is 23.6 Å². The summed E-state index contributed by atoms with van der Waals surface area (Å²) in [5.74, 6) is -2.25. The lowest BCUT2D eigenvalue weighted by atomic mass is 9.98. The number of unbranched alkanes of at least 4 members (excludes halogenated alkanes) is 1. The number of fused-ring (bicyclic) bond motifs is 3. The molecule has 0 atom stereocenters. The minimum absolute atomic E-state index is 0.105. The van der Waals surface area contributed by atoms with Crippen LogP contribution >= 0.6 is 0 Å². The van der Waals surface area contributed by atoms with Crippen molar-refractivity contribution in [3.63, 3.8) is 0 Å². The lowest BCUT2D eigenvalue weighted by Gasteiger charge is -2.26. The molecule has 2 aromatic rings. The molecule has 1 aliphatic rings. The molecule has 49 heavy (non-hydrogen) atoms. The number of carbonyl (C=O) groups excluding carboxylic acids is 6. The van der Waals surface area contributed by atoms with Gasteiger partial charge in [-0.05, 0) is 40.6 Å². The van der Waals surface area contributed by atoms with Crippen LogP contribution in [0.15, 0.2) is 53.6 Å². The van der Waals surface area contributed by atoms with Crippen LogP contribution in [0.3, 0.4) is 0 Å². The second-order valence-corrected chi connectivity index (χ2v) is 12.1. The highest BCUT2D eigenvalue weighted by atomic mass is 16.6. The zero-order valence-electron chi connectivity index (χ0n) is 28.7. The first-order valence-electron chi connectivity index (χ1n) is 15.9. The normalized spacial score (nSPS) is 11.4. The summed E-state index contributed by atoms with van der Waals surface area (Å²) in [6.07, 6.45) is 0.670. The fourth-order valence-corrected chi connectivity index (χ4v) is 5.31. The predicted molar refractivity (Wildman–Crippen MR) is 181 cm³/mol. The monoisotopic (exact) mass is 676 g/mol. The number of azide groups is 1. The van der Waals surface area contributed by atoms with Gasteiger partial charge in [0, 0.05) is 59.0 Å². The predicted octanol–water partition coefficient (Wildman–Crippen LogP) is 2.75. The summed E-state index contributed by atoms with van der Waals surface area (Å²) in [5.41, 5.74) is 12.6. The molecule has 0 bridgehead atoms. The molecule has 0 radical (unpaired) electrons. The number of rotatable bonds is 17. The molecule has 15 heteroatoms. The highest BCUT2D eigenvalue weighted by Crippen LogP contribution is 2.44. The molecule has 0 saturated heterocycles. The van der Waals surface area contributed by atoms with E-state index in [1.54, 1.807) is 0 Å². The van der Waals surface area contributed by atoms with E-state index >= 15 is 0 Å². The Hall–Kier alpha value is -5.43. The van der Waals surface area contributed by atoms with E-state index in [4.69, 9.17) is 10.3 Å². The van der Waals surface area contributed by atoms with Crippen LogP contribution < -0.4 is 0 Å². The van der Waals surface area contributed by atoms with Crippen LogP contribution in [0, 0.1) is 0 Å². The van der Waals surface area contributed by atoms with Gasteiger partial charge in [-0.3, -0.25) is 24.0 Å². The van der Waals surface area contributed by atoms with Gasteiger partial charge in [0.05, 0.1) is 26.2 Å². The third kappa shape index (κ3) is 10.8. The van der Waals surface area contributed by atoms with Gasteiger partial charge in [0.1, 0.15) is 13.2 Å². The smallest absolute Gasteiger partial charge is 0.409 e. The second kappa shape index (κ2) is 18.2. The van der Waals surface area contributed by atoms with E-state index in [1.807, 2.05) is 48.5 Å². The Morgan fingerprint density at radius 1 is 0.653 bits per heavy atom. The molecular formula is C34H44N8O7. The summed E-state index contributed by atoms with van der Waals surface area (Å²) in [6, 6.07) is 15.9.